The van der Waals surface area contributed by atoms with E-state index in [0.29, 0.717) is 29.2 Å². The predicted molar refractivity (Wildman–Crippen MR) is 129 cm³/mol. The minimum absolute atomic E-state index is 0.0328. The van der Waals surface area contributed by atoms with E-state index in [4.69, 9.17) is 23.7 Å². The molecule has 0 N–H and O–H groups in total. The van der Waals surface area contributed by atoms with E-state index in [2.05, 4.69) is 0 Å². The van der Waals surface area contributed by atoms with E-state index in [9.17, 15) is 4.79 Å². The Hall–Kier alpha value is -4.52. The zero-order valence-electron chi connectivity index (χ0n) is 19.0. The average molecular weight is 466 g/mol. The van der Waals surface area contributed by atoms with Crippen molar-refractivity contribution in [3.63, 3.8) is 0 Å². The van der Waals surface area contributed by atoms with Crippen molar-refractivity contribution in [3.8, 4) is 17.2 Å². The quantitative estimate of drug-likeness (QED) is 0.275. The molecule has 174 valence electrons. The fraction of sp³-hybridized carbons (Fsp3) is 0.143. The van der Waals surface area contributed by atoms with E-state index in [-0.39, 0.29) is 6.04 Å². The van der Waals surface area contributed by atoms with E-state index in [1.165, 1.54) is 0 Å². The van der Waals surface area contributed by atoms with Crippen LogP contribution in [0.25, 0.3) is 0 Å². The van der Waals surface area contributed by atoms with Crippen LogP contribution in [0.2, 0.25) is 0 Å². The SMILES string of the molecule is COc1cccc2c1O[C@@H](c1ccc(OC(=O)c3ccccc3)cc1)N1N=C(c3ccco3)C[C@H]21. The molecule has 35 heavy (non-hydrogen) atoms. The largest absolute Gasteiger partial charge is 0.493 e. The van der Waals surface area contributed by atoms with Crippen molar-refractivity contribution in [1.29, 1.82) is 0 Å². The second kappa shape index (κ2) is 8.68. The standard InChI is InChI=1S/C28H22N2O5/c1-32-25-10-5-9-21-23-17-22(24-11-6-16-33-24)29-30(23)27(35-26(21)25)18-12-14-20(15-13-18)34-28(31)19-7-3-2-4-8-19/h2-16,23,27H,17H2,1H3/t23-,27+/m1/s1. The van der Waals surface area contributed by atoms with Gasteiger partial charge in [-0.2, -0.15) is 5.10 Å². The van der Waals surface area contributed by atoms with Crippen molar-refractivity contribution in [2.24, 2.45) is 5.10 Å². The van der Waals surface area contributed by atoms with Crippen molar-refractivity contribution in [3.05, 3.63) is 114 Å². The Morgan fingerprint density at radius 2 is 1.80 bits per heavy atom. The minimum Gasteiger partial charge on any atom is -0.493 e. The smallest absolute Gasteiger partial charge is 0.343 e. The van der Waals surface area contributed by atoms with Gasteiger partial charge in [-0.05, 0) is 54.6 Å². The number of ether oxygens (including phenoxy) is 3. The molecule has 3 aromatic carbocycles. The molecule has 0 unspecified atom stereocenters. The van der Waals surface area contributed by atoms with Crippen molar-refractivity contribution >= 4 is 11.7 Å². The first-order chi connectivity index (χ1) is 17.2. The topological polar surface area (TPSA) is 73.5 Å². The Kier molecular flexibility index (Phi) is 5.22. The molecule has 1 aromatic heterocycles. The van der Waals surface area contributed by atoms with Gasteiger partial charge in [0.05, 0.1) is 25.0 Å². The molecule has 4 aromatic rings. The van der Waals surface area contributed by atoms with Gasteiger partial charge < -0.3 is 18.6 Å². The highest BCUT2D eigenvalue weighted by Crippen LogP contribution is 2.50. The lowest BCUT2D eigenvalue weighted by Crippen LogP contribution is -2.33. The van der Waals surface area contributed by atoms with Gasteiger partial charge in [0.1, 0.15) is 17.2 Å². The third-order valence-corrected chi connectivity index (χ3v) is 6.19. The van der Waals surface area contributed by atoms with Crippen LogP contribution in [-0.4, -0.2) is 23.8 Å². The van der Waals surface area contributed by atoms with Crippen LogP contribution in [-0.2, 0) is 0 Å². The van der Waals surface area contributed by atoms with Gasteiger partial charge in [-0.1, -0.05) is 30.3 Å². The number of methoxy groups -OCH3 is 1. The van der Waals surface area contributed by atoms with Crippen molar-refractivity contribution in [2.45, 2.75) is 18.7 Å². The van der Waals surface area contributed by atoms with Crippen molar-refractivity contribution in [1.82, 2.24) is 5.01 Å². The van der Waals surface area contributed by atoms with Crippen LogP contribution in [0.3, 0.4) is 0 Å². The molecule has 2 aliphatic rings. The molecule has 0 bridgehead atoms. The van der Waals surface area contributed by atoms with Gasteiger partial charge in [0.25, 0.3) is 0 Å². The first-order valence-corrected chi connectivity index (χ1v) is 11.3. The van der Waals surface area contributed by atoms with Crippen LogP contribution in [0.5, 0.6) is 17.2 Å². The molecule has 0 aliphatic carbocycles. The molecule has 2 aliphatic heterocycles. The second-order valence-corrected chi connectivity index (χ2v) is 8.30. The zero-order valence-corrected chi connectivity index (χ0v) is 19.0. The summed E-state index contributed by atoms with van der Waals surface area (Å²) in [5.41, 5.74) is 3.24. The van der Waals surface area contributed by atoms with Crippen LogP contribution in [0, 0.1) is 0 Å². The predicted octanol–water partition coefficient (Wildman–Crippen LogP) is 5.75. The summed E-state index contributed by atoms with van der Waals surface area (Å²) in [6, 6.07) is 25.8. The fourth-order valence-electron chi connectivity index (χ4n) is 4.50. The number of para-hydroxylation sites is 1. The zero-order chi connectivity index (χ0) is 23.8. The highest BCUT2D eigenvalue weighted by Gasteiger charge is 2.42. The summed E-state index contributed by atoms with van der Waals surface area (Å²) in [5.74, 6) is 2.17. The monoisotopic (exact) mass is 466 g/mol. The third kappa shape index (κ3) is 3.81. The number of nitrogens with zero attached hydrogens (tertiary/aromatic N) is 2. The number of hydrogen-bond donors (Lipinski definition) is 0. The van der Waals surface area contributed by atoms with Crippen LogP contribution in [0.1, 0.15) is 45.9 Å². The molecular weight excluding hydrogens is 444 g/mol. The Bertz CT molecular complexity index is 1380. The maximum Gasteiger partial charge on any atom is 0.343 e. The summed E-state index contributed by atoms with van der Waals surface area (Å²) in [5, 5.41) is 6.84. The van der Waals surface area contributed by atoms with Gasteiger partial charge in [0, 0.05) is 17.5 Å². The fourth-order valence-corrected chi connectivity index (χ4v) is 4.50. The lowest BCUT2D eigenvalue weighted by atomic mass is 9.97. The van der Waals surface area contributed by atoms with Gasteiger partial charge in [0.2, 0.25) is 6.23 Å². The first kappa shape index (κ1) is 21.0. The Labute approximate surface area is 202 Å². The van der Waals surface area contributed by atoms with E-state index >= 15 is 0 Å². The summed E-state index contributed by atoms with van der Waals surface area (Å²) in [4.78, 5) is 12.4. The van der Waals surface area contributed by atoms with Crippen molar-refractivity contribution < 1.29 is 23.4 Å². The number of carbonyl (C=O) groups is 1. The van der Waals surface area contributed by atoms with Crippen molar-refractivity contribution in [2.75, 3.05) is 7.11 Å². The highest BCUT2D eigenvalue weighted by atomic mass is 16.5. The molecular formula is C28H22N2O5. The lowest BCUT2D eigenvalue weighted by Gasteiger charge is -2.38. The molecule has 0 amide bonds. The van der Waals surface area contributed by atoms with Crippen LogP contribution in [0.15, 0.2) is 101 Å². The van der Waals surface area contributed by atoms with E-state index in [1.807, 2.05) is 53.5 Å². The Morgan fingerprint density at radius 3 is 2.54 bits per heavy atom. The minimum atomic E-state index is -0.491. The summed E-state index contributed by atoms with van der Waals surface area (Å²) in [7, 11) is 1.63. The third-order valence-electron chi connectivity index (χ3n) is 6.19. The molecule has 0 radical (unpaired) electrons. The van der Waals surface area contributed by atoms with Crippen LogP contribution in [0.4, 0.5) is 0 Å². The summed E-state index contributed by atoms with van der Waals surface area (Å²) >= 11 is 0. The number of hydrazone groups is 1. The number of furan rings is 1. The second-order valence-electron chi connectivity index (χ2n) is 8.30. The molecule has 7 heteroatoms. The molecule has 0 spiro atoms. The number of benzene rings is 3. The summed E-state index contributed by atoms with van der Waals surface area (Å²) in [6.45, 7) is 0. The summed E-state index contributed by atoms with van der Waals surface area (Å²) in [6.07, 6.45) is 1.84. The number of hydrogen-bond acceptors (Lipinski definition) is 7. The molecule has 3 heterocycles. The average Bonchev–Trinajstić information content (AvgIpc) is 3.59. The molecule has 7 nitrogen and oxygen atoms in total. The van der Waals surface area contributed by atoms with Gasteiger partial charge in [-0.15, -0.1) is 0 Å². The first-order valence-electron chi connectivity index (χ1n) is 11.3. The summed E-state index contributed by atoms with van der Waals surface area (Å²) < 4.78 is 23.2. The number of fused-ring (bicyclic) bond motifs is 3. The molecule has 2 atom stereocenters. The number of carbonyl (C=O) groups excluding carboxylic acids is 1. The van der Waals surface area contributed by atoms with Gasteiger partial charge in [-0.3, -0.25) is 0 Å². The van der Waals surface area contributed by atoms with Gasteiger partial charge in [-0.25, -0.2) is 9.80 Å². The van der Waals surface area contributed by atoms with Crippen LogP contribution < -0.4 is 14.2 Å². The number of rotatable bonds is 5. The lowest BCUT2D eigenvalue weighted by molar-refractivity contribution is -0.0209. The van der Waals surface area contributed by atoms with Gasteiger partial charge >= 0.3 is 5.97 Å². The Morgan fingerprint density at radius 1 is 0.971 bits per heavy atom. The van der Waals surface area contributed by atoms with E-state index in [1.54, 1.807) is 49.8 Å². The Balaban J connectivity index is 1.32. The maximum atomic E-state index is 12.4. The normalized spacial score (nSPS) is 18.2. The molecule has 0 saturated heterocycles. The molecule has 0 fully saturated rings. The maximum absolute atomic E-state index is 12.4. The molecule has 6 rings (SSSR count). The molecule has 0 saturated carbocycles. The van der Waals surface area contributed by atoms with Crippen LogP contribution >= 0.6 is 0 Å². The van der Waals surface area contributed by atoms with E-state index < -0.39 is 12.2 Å². The highest BCUT2D eigenvalue weighted by molar-refractivity contribution is 5.99. The van der Waals surface area contributed by atoms with E-state index in [0.717, 1.165) is 22.6 Å². The number of esters is 1. The van der Waals surface area contributed by atoms with Gasteiger partial charge in [0.15, 0.2) is 11.5 Å².